The maximum absolute atomic E-state index is 12.8. The summed E-state index contributed by atoms with van der Waals surface area (Å²) in [7, 11) is 1.61. The molecule has 0 bridgehead atoms. The van der Waals surface area contributed by atoms with Gasteiger partial charge in [0, 0.05) is 55.5 Å². The second-order valence-corrected chi connectivity index (χ2v) is 11.2. The number of benzene rings is 2. The predicted octanol–water partition coefficient (Wildman–Crippen LogP) is 4.48. The third-order valence-corrected chi connectivity index (χ3v) is 7.36. The van der Waals surface area contributed by atoms with Gasteiger partial charge in [-0.1, -0.05) is 30.3 Å². The number of pyridine rings is 1. The molecular weight excluding hydrogens is 496 g/mol. The third kappa shape index (κ3) is 5.63. The molecule has 9 nitrogen and oxygen atoms in total. The van der Waals surface area contributed by atoms with Gasteiger partial charge in [-0.15, -0.1) is 0 Å². The fraction of sp³-hybridized carbons (Fsp3) is 0.433. The molecule has 1 N–H and O–H groups in total. The molecule has 2 atom stereocenters. The normalized spacial score (nSPS) is 20.0. The van der Waals surface area contributed by atoms with Crippen LogP contribution in [0.1, 0.15) is 50.7 Å². The Kier molecular flexibility index (Phi) is 7.36. The van der Waals surface area contributed by atoms with Crippen molar-refractivity contribution >= 4 is 28.5 Å². The van der Waals surface area contributed by atoms with Gasteiger partial charge < -0.3 is 24.4 Å². The van der Waals surface area contributed by atoms with E-state index in [1.807, 2.05) is 68.3 Å². The average molecular weight is 533 g/mol. The van der Waals surface area contributed by atoms with Crippen molar-refractivity contribution in [2.24, 2.45) is 0 Å². The minimum Gasteiger partial charge on any atom is -0.497 e. The van der Waals surface area contributed by atoms with E-state index in [1.165, 1.54) is 4.90 Å². The van der Waals surface area contributed by atoms with Crippen LogP contribution in [0, 0.1) is 0 Å². The number of nitrogens with zero attached hydrogens (tertiary/aromatic N) is 4. The average Bonchev–Trinajstić information content (AvgIpc) is 3.40. The minimum absolute atomic E-state index is 0.100. The Bertz CT molecular complexity index is 1350. The van der Waals surface area contributed by atoms with Crippen LogP contribution in [0.5, 0.6) is 5.75 Å². The van der Waals surface area contributed by atoms with Gasteiger partial charge in [0.15, 0.2) is 0 Å². The number of fused-ring (bicyclic) bond motifs is 1. The summed E-state index contributed by atoms with van der Waals surface area (Å²) >= 11 is 0. The monoisotopic (exact) mass is 532 g/mol. The number of rotatable bonds is 5. The molecule has 3 aromatic rings. The van der Waals surface area contributed by atoms with Crippen LogP contribution in [0.25, 0.3) is 10.8 Å². The van der Waals surface area contributed by atoms with Crippen LogP contribution in [0.15, 0.2) is 54.9 Å². The first-order valence-electron chi connectivity index (χ1n) is 13.4. The van der Waals surface area contributed by atoms with Gasteiger partial charge in [-0.05, 0) is 50.5 Å². The Balaban J connectivity index is 1.39. The van der Waals surface area contributed by atoms with E-state index >= 15 is 0 Å². The first kappa shape index (κ1) is 26.7. The quantitative estimate of drug-likeness (QED) is 0.518. The van der Waals surface area contributed by atoms with Gasteiger partial charge in [-0.25, -0.2) is 4.79 Å². The largest absolute Gasteiger partial charge is 0.497 e. The SMILES string of the molecule is COc1ccc(CN2C(=O)CCN(c3cncc4c([C@@H]5CCN(C(=O)OC(C)(C)C)C5)cccc34)C2O)cc1. The zero-order valence-corrected chi connectivity index (χ0v) is 23.0. The number of hydrogen-bond donors (Lipinski definition) is 1. The second-order valence-electron chi connectivity index (χ2n) is 11.2. The standard InChI is InChI=1S/C30H36N4O5/c1-30(2,3)39-29(37)32-14-12-21(19-32)23-6-5-7-24-25(23)16-31-17-26(24)33-15-13-27(35)34(28(33)36)18-20-8-10-22(38-4)11-9-20/h5-11,16-17,21,28,36H,12-15,18-19H2,1-4H3/t21-,28?/m1/s1. The fourth-order valence-corrected chi connectivity index (χ4v) is 5.41. The zero-order chi connectivity index (χ0) is 27.7. The topological polar surface area (TPSA) is 95.4 Å². The van der Waals surface area contributed by atoms with E-state index in [0.717, 1.165) is 39.8 Å². The molecule has 2 fully saturated rings. The number of aliphatic hydroxyl groups excluding tert-OH is 1. The number of carbonyl (C=O) groups is 2. The van der Waals surface area contributed by atoms with E-state index in [2.05, 4.69) is 11.1 Å². The number of amides is 2. The van der Waals surface area contributed by atoms with E-state index in [4.69, 9.17) is 9.47 Å². The molecule has 0 saturated carbocycles. The van der Waals surface area contributed by atoms with Crippen LogP contribution in [-0.4, -0.2) is 70.6 Å². The molecule has 0 aliphatic carbocycles. The second kappa shape index (κ2) is 10.7. The maximum Gasteiger partial charge on any atom is 0.410 e. The molecule has 39 heavy (non-hydrogen) atoms. The van der Waals surface area contributed by atoms with Crippen LogP contribution in [0.2, 0.25) is 0 Å². The molecule has 2 aromatic carbocycles. The number of anilines is 1. The summed E-state index contributed by atoms with van der Waals surface area (Å²) in [4.78, 5) is 35.1. The molecule has 0 spiro atoms. The predicted molar refractivity (Wildman–Crippen MR) is 148 cm³/mol. The number of aromatic nitrogens is 1. The van der Waals surface area contributed by atoms with Crippen molar-refractivity contribution in [2.45, 2.75) is 58.0 Å². The lowest BCUT2D eigenvalue weighted by Crippen LogP contribution is -2.56. The van der Waals surface area contributed by atoms with Crippen molar-refractivity contribution in [1.82, 2.24) is 14.8 Å². The van der Waals surface area contributed by atoms with Crippen LogP contribution in [0.3, 0.4) is 0 Å². The fourth-order valence-electron chi connectivity index (χ4n) is 5.41. The third-order valence-electron chi connectivity index (χ3n) is 7.36. The van der Waals surface area contributed by atoms with Gasteiger partial charge in [-0.3, -0.25) is 14.7 Å². The number of likely N-dealkylation sites (tertiary alicyclic amines) is 1. The highest BCUT2D eigenvalue weighted by Gasteiger charge is 2.35. The van der Waals surface area contributed by atoms with E-state index in [9.17, 15) is 14.7 Å². The molecule has 2 aliphatic rings. The van der Waals surface area contributed by atoms with Crippen molar-refractivity contribution < 1.29 is 24.2 Å². The zero-order valence-electron chi connectivity index (χ0n) is 23.0. The van der Waals surface area contributed by atoms with Crippen molar-refractivity contribution in [3.8, 4) is 5.75 Å². The van der Waals surface area contributed by atoms with Crippen molar-refractivity contribution in [2.75, 3.05) is 31.6 Å². The van der Waals surface area contributed by atoms with Gasteiger partial charge >= 0.3 is 6.09 Å². The van der Waals surface area contributed by atoms with E-state index < -0.39 is 12.0 Å². The van der Waals surface area contributed by atoms with Crippen molar-refractivity contribution in [3.05, 3.63) is 66.0 Å². The summed E-state index contributed by atoms with van der Waals surface area (Å²) in [6, 6.07) is 13.6. The van der Waals surface area contributed by atoms with Crippen LogP contribution < -0.4 is 9.64 Å². The summed E-state index contributed by atoms with van der Waals surface area (Å²) < 4.78 is 10.8. The Morgan fingerprint density at radius 1 is 1.08 bits per heavy atom. The molecule has 1 unspecified atom stereocenters. The van der Waals surface area contributed by atoms with E-state index in [1.54, 1.807) is 18.2 Å². The van der Waals surface area contributed by atoms with E-state index in [0.29, 0.717) is 19.6 Å². The highest BCUT2D eigenvalue weighted by Crippen LogP contribution is 2.37. The molecule has 0 radical (unpaired) electrons. The van der Waals surface area contributed by atoms with Crippen molar-refractivity contribution in [3.63, 3.8) is 0 Å². The molecule has 2 amide bonds. The van der Waals surface area contributed by atoms with Gasteiger partial charge in [0.2, 0.25) is 12.3 Å². The lowest BCUT2D eigenvalue weighted by molar-refractivity contribution is -0.146. The number of ether oxygens (including phenoxy) is 2. The van der Waals surface area contributed by atoms with Gasteiger partial charge in [0.05, 0.1) is 19.0 Å². The molecule has 2 aliphatic heterocycles. The highest BCUT2D eigenvalue weighted by atomic mass is 16.6. The number of methoxy groups -OCH3 is 1. The number of carbonyl (C=O) groups excluding carboxylic acids is 2. The van der Waals surface area contributed by atoms with Crippen LogP contribution >= 0.6 is 0 Å². The first-order valence-corrected chi connectivity index (χ1v) is 13.4. The number of hydrogen-bond acceptors (Lipinski definition) is 7. The van der Waals surface area contributed by atoms with E-state index in [-0.39, 0.29) is 30.9 Å². The molecule has 3 heterocycles. The summed E-state index contributed by atoms with van der Waals surface area (Å²) in [5.41, 5.74) is 2.26. The van der Waals surface area contributed by atoms with Crippen LogP contribution in [-0.2, 0) is 16.1 Å². The maximum atomic E-state index is 12.8. The minimum atomic E-state index is -1.13. The lowest BCUT2D eigenvalue weighted by Gasteiger charge is -2.42. The number of aliphatic hydroxyl groups is 1. The highest BCUT2D eigenvalue weighted by molar-refractivity contribution is 5.96. The molecule has 1 aromatic heterocycles. The Hall–Kier alpha value is -3.85. The summed E-state index contributed by atoms with van der Waals surface area (Å²) in [5.74, 6) is 0.786. The first-order chi connectivity index (χ1) is 18.6. The summed E-state index contributed by atoms with van der Waals surface area (Å²) in [6.07, 6.45) is 3.30. The Labute approximate surface area is 228 Å². The smallest absolute Gasteiger partial charge is 0.410 e. The summed E-state index contributed by atoms with van der Waals surface area (Å²) in [5, 5.41) is 13.3. The molecular formula is C30H36N4O5. The lowest BCUT2D eigenvalue weighted by atomic mass is 9.93. The van der Waals surface area contributed by atoms with Gasteiger partial charge in [0.25, 0.3) is 0 Å². The molecule has 5 rings (SSSR count). The van der Waals surface area contributed by atoms with Crippen molar-refractivity contribution in [1.29, 1.82) is 0 Å². The Morgan fingerprint density at radius 2 is 1.85 bits per heavy atom. The summed E-state index contributed by atoms with van der Waals surface area (Å²) in [6.45, 7) is 7.50. The Morgan fingerprint density at radius 3 is 2.56 bits per heavy atom. The molecule has 206 valence electrons. The van der Waals surface area contributed by atoms with Gasteiger partial charge in [0.1, 0.15) is 11.4 Å². The molecule has 2 saturated heterocycles. The van der Waals surface area contributed by atoms with Crippen LogP contribution in [0.4, 0.5) is 10.5 Å². The molecule has 9 heteroatoms. The van der Waals surface area contributed by atoms with Gasteiger partial charge in [-0.2, -0.15) is 0 Å².